The monoisotopic (exact) mass is 351 g/mol. The van der Waals surface area contributed by atoms with E-state index < -0.39 is 23.9 Å². The minimum Gasteiger partial charge on any atom is -0.469 e. The molecule has 0 radical (unpaired) electrons. The predicted octanol–water partition coefficient (Wildman–Crippen LogP) is 0.814. The predicted molar refractivity (Wildman–Crippen MR) is 85.3 cm³/mol. The van der Waals surface area contributed by atoms with Crippen molar-refractivity contribution in [1.82, 2.24) is 5.32 Å². The third-order valence-corrected chi connectivity index (χ3v) is 5.01. The number of hydrogen-bond acceptors (Lipinski definition) is 8. The van der Waals surface area contributed by atoms with Crippen LogP contribution in [0.25, 0.3) is 0 Å². The number of nitrogens with one attached hydrogen (secondary N) is 1. The maximum atomic E-state index is 11.5. The lowest BCUT2D eigenvalue weighted by Crippen LogP contribution is -2.42. The first-order valence-corrected chi connectivity index (χ1v) is 8.97. The third kappa shape index (κ3) is 8.93. The van der Waals surface area contributed by atoms with Gasteiger partial charge in [0.1, 0.15) is 11.8 Å². The Hall–Kier alpha value is -1.22. The van der Waals surface area contributed by atoms with Gasteiger partial charge in [0, 0.05) is 24.9 Å². The van der Waals surface area contributed by atoms with Crippen molar-refractivity contribution >= 4 is 45.2 Å². The fraction of sp³-hybridized carbons (Fsp3) is 0.692. The van der Waals surface area contributed by atoms with Crippen LogP contribution in [0.5, 0.6) is 0 Å². The molecule has 0 spiro atoms. The lowest BCUT2D eigenvalue weighted by Gasteiger charge is -2.16. The fourth-order valence-electron chi connectivity index (χ4n) is 1.53. The third-order valence-electron chi connectivity index (χ3n) is 2.52. The lowest BCUT2D eigenvalue weighted by atomic mass is 10.1. The van der Waals surface area contributed by atoms with Crippen molar-refractivity contribution in [3.8, 4) is 0 Å². The Bertz CT molecular complexity index is 377. The van der Waals surface area contributed by atoms with Gasteiger partial charge in [0.05, 0.1) is 20.1 Å². The van der Waals surface area contributed by atoms with E-state index in [0.29, 0.717) is 11.5 Å². The summed E-state index contributed by atoms with van der Waals surface area (Å²) in [6.45, 7) is 2.73. The van der Waals surface area contributed by atoms with Crippen LogP contribution in [0.15, 0.2) is 0 Å². The van der Waals surface area contributed by atoms with Gasteiger partial charge in [0.15, 0.2) is 0 Å². The Balaban J connectivity index is 4.33. The summed E-state index contributed by atoms with van der Waals surface area (Å²) in [5.74, 6) is -1.23. The lowest BCUT2D eigenvalue weighted by molar-refractivity contribution is -0.146. The highest BCUT2D eigenvalue weighted by Crippen LogP contribution is 2.26. The standard InChI is InChI=1S/C13H21NO6S2/c1-8(15)5-10(12(17)19-3)6-21-22-7-11(13(18)20-4)14-9(2)16/h10-11H,5-7H2,1-4H3,(H,14,16)/t10-,11-/m0/s1. The number of esters is 2. The molecular weight excluding hydrogens is 330 g/mol. The fourth-order valence-corrected chi connectivity index (χ4v) is 3.97. The van der Waals surface area contributed by atoms with Gasteiger partial charge < -0.3 is 19.6 Å². The summed E-state index contributed by atoms with van der Waals surface area (Å²) >= 11 is 0. The van der Waals surface area contributed by atoms with E-state index in [4.69, 9.17) is 0 Å². The maximum Gasteiger partial charge on any atom is 0.329 e. The summed E-state index contributed by atoms with van der Waals surface area (Å²) in [7, 11) is 5.17. The van der Waals surface area contributed by atoms with Crippen molar-refractivity contribution in [3.05, 3.63) is 0 Å². The van der Waals surface area contributed by atoms with Crippen LogP contribution in [-0.4, -0.2) is 55.4 Å². The van der Waals surface area contributed by atoms with Crippen LogP contribution in [0.2, 0.25) is 0 Å². The molecule has 0 rings (SSSR count). The molecule has 0 aromatic heterocycles. The number of hydrogen-bond donors (Lipinski definition) is 1. The van der Waals surface area contributed by atoms with Crippen molar-refractivity contribution in [2.75, 3.05) is 25.7 Å². The first-order valence-electron chi connectivity index (χ1n) is 6.48. The normalized spacial score (nSPS) is 12.9. The molecule has 0 heterocycles. The molecule has 0 aliphatic heterocycles. The molecule has 0 aliphatic carbocycles. The van der Waals surface area contributed by atoms with Gasteiger partial charge >= 0.3 is 11.9 Å². The van der Waals surface area contributed by atoms with Crippen LogP contribution in [-0.2, 0) is 28.7 Å². The van der Waals surface area contributed by atoms with E-state index in [-0.39, 0.29) is 18.1 Å². The molecule has 0 aromatic rings. The van der Waals surface area contributed by atoms with E-state index in [1.807, 2.05) is 0 Å². The number of rotatable bonds is 10. The topological polar surface area (TPSA) is 98.8 Å². The van der Waals surface area contributed by atoms with Crippen LogP contribution in [0, 0.1) is 5.92 Å². The van der Waals surface area contributed by atoms with E-state index in [1.54, 1.807) is 0 Å². The highest BCUT2D eigenvalue weighted by molar-refractivity contribution is 8.76. The SMILES string of the molecule is COC(=O)[C@H](CSSC[C@H](NC(C)=O)C(=O)OC)CC(C)=O. The van der Waals surface area contributed by atoms with E-state index in [1.165, 1.54) is 49.7 Å². The number of Topliss-reactive ketones (excluding diaryl/α,β-unsaturated/α-hetero) is 1. The van der Waals surface area contributed by atoms with Crippen LogP contribution < -0.4 is 5.32 Å². The van der Waals surface area contributed by atoms with E-state index in [0.717, 1.165) is 0 Å². The molecule has 1 N–H and O–H groups in total. The number of methoxy groups -OCH3 is 2. The summed E-state index contributed by atoms with van der Waals surface area (Å²) in [6.07, 6.45) is 0.117. The number of ketones is 1. The molecule has 0 fully saturated rings. The highest BCUT2D eigenvalue weighted by atomic mass is 33.1. The zero-order valence-corrected chi connectivity index (χ0v) is 14.7. The molecular formula is C13H21NO6S2. The summed E-state index contributed by atoms with van der Waals surface area (Å²) in [5.41, 5.74) is 0. The number of amides is 1. The second-order valence-electron chi connectivity index (χ2n) is 4.47. The van der Waals surface area contributed by atoms with E-state index in [9.17, 15) is 19.2 Å². The van der Waals surface area contributed by atoms with Crippen molar-refractivity contribution in [2.24, 2.45) is 5.92 Å². The minimum atomic E-state index is -0.746. The van der Waals surface area contributed by atoms with Crippen LogP contribution in [0.3, 0.4) is 0 Å². The number of carbonyl (C=O) groups excluding carboxylic acids is 4. The average molecular weight is 351 g/mol. The van der Waals surface area contributed by atoms with Gasteiger partial charge in [0.25, 0.3) is 0 Å². The van der Waals surface area contributed by atoms with Crippen LogP contribution in [0.4, 0.5) is 0 Å². The molecule has 0 bridgehead atoms. The van der Waals surface area contributed by atoms with Crippen molar-refractivity contribution in [1.29, 1.82) is 0 Å². The van der Waals surface area contributed by atoms with Crippen molar-refractivity contribution in [3.63, 3.8) is 0 Å². The Labute approximate surface area is 137 Å². The van der Waals surface area contributed by atoms with Gasteiger partial charge in [0.2, 0.25) is 5.91 Å². The molecule has 9 heteroatoms. The molecule has 0 saturated heterocycles. The smallest absolute Gasteiger partial charge is 0.329 e. The van der Waals surface area contributed by atoms with Gasteiger partial charge in [-0.2, -0.15) is 0 Å². The van der Waals surface area contributed by atoms with Crippen LogP contribution in [0.1, 0.15) is 20.3 Å². The Morgan fingerprint density at radius 1 is 0.955 bits per heavy atom. The van der Waals surface area contributed by atoms with Gasteiger partial charge in [-0.1, -0.05) is 21.6 Å². The molecule has 0 saturated carbocycles. The summed E-state index contributed by atoms with van der Waals surface area (Å²) in [6, 6.07) is -0.746. The number of carbonyl (C=O) groups is 4. The Morgan fingerprint density at radius 3 is 1.95 bits per heavy atom. The highest BCUT2D eigenvalue weighted by Gasteiger charge is 2.23. The maximum absolute atomic E-state index is 11.5. The van der Waals surface area contributed by atoms with Crippen molar-refractivity contribution in [2.45, 2.75) is 26.3 Å². The van der Waals surface area contributed by atoms with Gasteiger partial charge in [-0.05, 0) is 6.92 Å². The largest absolute Gasteiger partial charge is 0.469 e. The van der Waals surface area contributed by atoms with E-state index in [2.05, 4.69) is 14.8 Å². The van der Waals surface area contributed by atoms with Gasteiger partial charge in [-0.3, -0.25) is 9.59 Å². The molecule has 0 aromatic carbocycles. The van der Waals surface area contributed by atoms with Gasteiger partial charge in [-0.15, -0.1) is 0 Å². The van der Waals surface area contributed by atoms with Crippen LogP contribution >= 0.6 is 21.6 Å². The zero-order valence-electron chi connectivity index (χ0n) is 13.0. The minimum absolute atomic E-state index is 0.0910. The molecule has 7 nitrogen and oxygen atoms in total. The number of ether oxygens (including phenoxy) is 2. The first kappa shape index (κ1) is 20.8. The molecule has 0 aliphatic rings. The quantitative estimate of drug-likeness (QED) is 0.351. The van der Waals surface area contributed by atoms with Crippen molar-refractivity contribution < 1.29 is 28.7 Å². The molecule has 1 amide bonds. The summed E-state index contributed by atoms with van der Waals surface area (Å²) < 4.78 is 9.26. The molecule has 126 valence electrons. The second kappa shape index (κ2) is 11.4. The molecule has 22 heavy (non-hydrogen) atoms. The molecule has 2 atom stereocenters. The molecule has 0 unspecified atom stereocenters. The Morgan fingerprint density at radius 2 is 1.50 bits per heavy atom. The second-order valence-corrected chi connectivity index (χ2v) is 7.02. The average Bonchev–Trinajstić information content (AvgIpc) is 2.46. The zero-order chi connectivity index (χ0) is 17.1. The summed E-state index contributed by atoms with van der Waals surface area (Å²) in [4.78, 5) is 45.2. The summed E-state index contributed by atoms with van der Waals surface area (Å²) in [5, 5.41) is 2.49. The Kier molecular flexibility index (Phi) is 10.7. The first-order chi connectivity index (χ1) is 10.3. The van der Waals surface area contributed by atoms with E-state index >= 15 is 0 Å². The van der Waals surface area contributed by atoms with Gasteiger partial charge in [-0.25, -0.2) is 4.79 Å².